The Balaban J connectivity index is 2.04. The molecule has 0 spiro atoms. The van der Waals surface area contributed by atoms with Crippen LogP contribution < -0.4 is 14.2 Å². The van der Waals surface area contributed by atoms with Crippen molar-refractivity contribution in [1.29, 1.82) is 0 Å². The zero-order valence-electron chi connectivity index (χ0n) is 14.4. The predicted molar refractivity (Wildman–Crippen MR) is 98.2 cm³/mol. The summed E-state index contributed by atoms with van der Waals surface area (Å²) in [6.07, 6.45) is 1.58. The summed E-state index contributed by atoms with van der Waals surface area (Å²) in [5, 5.41) is 0.478. The van der Waals surface area contributed by atoms with Crippen molar-refractivity contribution in [1.82, 2.24) is 0 Å². The minimum atomic E-state index is -0.577. The Bertz CT molecular complexity index is 920. The number of carbonyl (C=O) groups is 1. The fraction of sp³-hybridized carbons (Fsp3) is 0.158. The van der Waals surface area contributed by atoms with E-state index >= 15 is 0 Å². The van der Waals surface area contributed by atoms with E-state index < -0.39 is 5.97 Å². The molecule has 2 aromatic rings. The highest BCUT2D eigenvalue weighted by atomic mass is 35.5. The summed E-state index contributed by atoms with van der Waals surface area (Å²) in [4.78, 5) is 16.5. The van der Waals surface area contributed by atoms with Gasteiger partial charge in [-0.2, -0.15) is 0 Å². The van der Waals surface area contributed by atoms with Gasteiger partial charge in [-0.3, -0.25) is 0 Å². The zero-order valence-corrected chi connectivity index (χ0v) is 15.2. The molecule has 0 atom stereocenters. The number of ether oxygens (including phenoxy) is 4. The normalized spacial score (nSPS) is 14.8. The third kappa shape index (κ3) is 3.36. The summed E-state index contributed by atoms with van der Waals surface area (Å²) in [5.74, 6) is 1.10. The first-order valence-corrected chi connectivity index (χ1v) is 8.02. The van der Waals surface area contributed by atoms with Gasteiger partial charge in [-0.05, 0) is 30.3 Å². The van der Waals surface area contributed by atoms with Gasteiger partial charge < -0.3 is 18.9 Å². The van der Waals surface area contributed by atoms with E-state index in [-0.39, 0.29) is 11.6 Å². The topological polar surface area (TPSA) is 66.3 Å². The molecule has 0 bridgehead atoms. The smallest absolute Gasteiger partial charge is 0.363 e. The third-order valence-electron chi connectivity index (χ3n) is 3.74. The van der Waals surface area contributed by atoms with Gasteiger partial charge in [0.05, 0.1) is 26.9 Å². The maximum atomic E-state index is 12.3. The number of para-hydroxylation sites is 1. The molecule has 0 amide bonds. The number of hydrogen-bond donors (Lipinski definition) is 0. The van der Waals surface area contributed by atoms with Gasteiger partial charge in [0.15, 0.2) is 17.2 Å². The monoisotopic (exact) mass is 373 g/mol. The highest BCUT2D eigenvalue weighted by molar-refractivity contribution is 6.31. The van der Waals surface area contributed by atoms with Crippen LogP contribution in [0.25, 0.3) is 6.08 Å². The lowest BCUT2D eigenvalue weighted by Gasteiger charge is -2.09. The highest BCUT2D eigenvalue weighted by Gasteiger charge is 2.27. The summed E-state index contributed by atoms with van der Waals surface area (Å²) in [5.41, 5.74) is 1.27. The average molecular weight is 374 g/mol. The van der Waals surface area contributed by atoms with Crippen LogP contribution in [-0.4, -0.2) is 33.2 Å². The summed E-state index contributed by atoms with van der Waals surface area (Å²) in [6, 6.07) is 10.3. The molecule has 0 fully saturated rings. The van der Waals surface area contributed by atoms with Crippen molar-refractivity contribution in [2.75, 3.05) is 21.3 Å². The lowest BCUT2D eigenvalue weighted by molar-refractivity contribution is -0.129. The average Bonchev–Trinajstić information content (AvgIpc) is 3.01. The third-order valence-corrected chi connectivity index (χ3v) is 3.97. The number of rotatable bonds is 5. The molecular weight excluding hydrogens is 358 g/mol. The van der Waals surface area contributed by atoms with E-state index in [2.05, 4.69) is 4.99 Å². The summed E-state index contributed by atoms with van der Waals surface area (Å²) in [6.45, 7) is 0. The van der Waals surface area contributed by atoms with Crippen LogP contribution in [0.3, 0.4) is 0 Å². The van der Waals surface area contributed by atoms with E-state index in [9.17, 15) is 4.79 Å². The van der Waals surface area contributed by atoms with E-state index in [1.165, 1.54) is 14.2 Å². The van der Waals surface area contributed by atoms with Crippen molar-refractivity contribution in [3.05, 3.63) is 58.2 Å². The fourth-order valence-corrected chi connectivity index (χ4v) is 2.72. The standard InChI is InChI=1S/C19H16ClNO5/c1-23-15-8-7-12(20)10-13(15)18-21-14(19(22)26-18)9-11-5-4-6-16(24-2)17(11)25-3/h4-10H,1-3H3. The van der Waals surface area contributed by atoms with Gasteiger partial charge in [0.25, 0.3) is 0 Å². The van der Waals surface area contributed by atoms with Crippen LogP contribution in [0.4, 0.5) is 0 Å². The fourth-order valence-electron chi connectivity index (χ4n) is 2.54. The molecule has 3 rings (SSSR count). The van der Waals surface area contributed by atoms with Crippen molar-refractivity contribution in [2.24, 2.45) is 4.99 Å². The number of esters is 1. The molecule has 0 N–H and O–H groups in total. The Morgan fingerprint density at radius 1 is 1.04 bits per heavy atom. The number of aliphatic imine (C=N–C) groups is 1. The van der Waals surface area contributed by atoms with Crippen molar-refractivity contribution in [2.45, 2.75) is 0 Å². The van der Waals surface area contributed by atoms with E-state index in [1.54, 1.807) is 49.6 Å². The number of carbonyl (C=O) groups excluding carboxylic acids is 1. The number of hydrogen-bond acceptors (Lipinski definition) is 6. The van der Waals surface area contributed by atoms with Crippen LogP contribution in [-0.2, 0) is 9.53 Å². The molecule has 1 heterocycles. The Hall–Kier alpha value is -2.99. The van der Waals surface area contributed by atoms with Crippen molar-refractivity contribution in [3.8, 4) is 17.2 Å². The predicted octanol–water partition coefficient (Wildman–Crippen LogP) is 3.71. The molecule has 1 aliphatic rings. The molecule has 2 aromatic carbocycles. The molecule has 134 valence electrons. The van der Waals surface area contributed by atoms with Gasteiger partial charge in [0, 0.05) is 10.6 Å². The van der Waals surface area contributed by atoms with Crippen molar-refractivity contribution >= 4 is 29.5 Å². The molecule has 0 aliphatic carbocycles. The van der Waals surface area contributed by atoms with Crippen molar-refractivity contribution in [3.63, 3.8) is 0 Å². The summed E-state index contributed by atoms with van der Waals surface area (Å²) >= 11 is 6.03. The Morgan fingerprint density at radius 3 is 2.50 bits per heavy atom. The van der Waals surface area contributed by atoms with Gasteiger partial charge in [0.2, 0.25) is 5.90 Å². The number of cyclic esters (lactones) is 1. The molecular formula is C19H16ClNO5. The molecule has 7 heteroatoms. The Kier molecular flexibility index (Phi) is 5.14. The second-order valence-electron chi connectivity index (χ2n) is 5.26. The molecule has 1 aliphatic heterocycles. The van der Waals surface area contributed by atoms with E-state index in [4.69, 9.17) is 30.5 Å². The van der Waals surface area contributed by atoms with Gasteiger partial charge >= 0.3 is 5.97 Å². The first-order chi connectivity index (χ1) is 12.6. The molecule has 6 nitrogen and oxygen atoms in total. The second-order valence-corrected chi connectivity index (χ2v) is 5.70. The first-order valence-electron chi connectivity index (χ1n) is 7.65. The number of benzene rings is 2. The highest BCUT2D eigenvalue weighted by Crippen LogP contribution is 2.33. The number of halogens is 1. The minimum Gasteiger partial charge on any atom is -0.496 e. The van der Waals surface area contributed by atoms with E-state index in [0.717, 1.165) is 0 Å². The molecule has 0 unspecified atom stereocenters. The molecule has 26 heavy (non-hydrogen) atoms. The van der Waals surface area contributed by atoms with E-state index in [1.807, 2.05) is 0 Å². The van der Waals surface area contributed by atoms with Crippen molar-refractivity contribution < 1.29 is 23.7 Å². The Labute approximate surface area is 155 Å². The van der Waals surface area contributed by atoms with Gasteiger partial charge in [0.1, 0.15) is 5.75 Å². The summed E-state index contributed by atoms with van der Waals surface area (Å²) < 4.78 is 21.2. The number of nitrogens with zero attached hydrogens (tertiary/aromatic N) is 1. The molecule has 0 saturated carbocycles. The lowest BCUT2D eigenvalue weighted by atomic mass is 10.1. The molecule has 0 saturated heterocycles. The van der Waals surface area contributed by atoms with Crippen LogP contribution >= 0.6 is 11.6 Å². The van der Waals surface area contributed by atoms with Gasteiger partial charge in [-0.15, -0.1) is 0 Å². The van der Waals surface area contributed by atoms with Crippen LogP contribution in [0.2, 0.25) is 5.02 Å². The first kappa shape index (κ1) is 17.8. The Morgan fingerprint density at radius 2 is 1.81 bits per heavy atom. The molecule has 0 radical (unpaired) electrons. The van der Waals surface area contributed by atoms with Gasteiger partial charge in [-0.25, -0.2) is 9.79 Å². The number of methoxy groups -OCH3 is 3. The SMILES string of the molecule is COc1ccc(Cl)cc1C1=NC(=Cc2cccc(OC)c2OC)C(=O)O1. The van der Waals surface area contributed by atoms with E-state index in [0.29, 0.717) is 33.4 Å². The van der Waals surface area contributed by atoms with Crippen LogP contribution in [0.1, 0.15) is 11.1 Å². The zero-order chi connectivity index (χ0) is 18.7. The quantitative estimate of drug-likeness (QED) is 0.590. The largest absolute Gasteiger partial charge is 0.496 e. The second kappa shape index (κ2) is 7.49. The van der Waals surface area contributed by atoms with Crippen LogP contribution in [0.15, 0.2) is 47.1 Å². The maximum Gasteiger partial charge on any atom is 0.363 e. The summed E-state index contributed by atoms with van der Waals surface area (Å²) in [7, 11) is 4.58. The van der Waals surface area contributed by atoms with Crippen LogP contribution in [0.5, 0.6) is 17.2 Å². The van der Waals surface area contributed by atoms with Crippen LogP contribution in [0, 0.1) is 0 Å². The minimum absolute atomic E-state index is 0.127. The van der Waals surface area contributed by atoms with Gasteiger partial charge in [-0.1, -0.05) is 23.7 Å². The molecule has 0 aromatic heterocycles. The maximum absolute atomic E-state index is 12.3. The lowest BCUT2D eigenvalue weighted by Crippen LogP contribution is -2.07.